The standard InChI is InChI=1S/C13H23N3O3/c1-9-4-7-16(10(9)8-17)12(18)13(11(14)15-19)5-2-3-6-13/h9-10,17,19H,2-8H2,1H3,(H2,14,15). The number of amides is 1. The van der Waals surface area contributed by atoms with Crippen LogP contribution in [0.25, 0.3) is 0 Å². The number of carbonyl (C=O) groups excluding carboxylic acids is 1. The summed E-state index contributed by atoms with van der Waals surface area (Å²) in [5.74, 6) is 0.231. The van der Waals surface area contributed by atoms with Gasteiger partial charge in [-0.2, -0.15) is 0 Å². The van der Waals surface area contributed by atoms with E-state index in [4.69, 9.17) is 10.9 Å². The highest BCUT2D eigenvalue weighted by Crippen LogP contribution is 2.42. The van der Waals surface area contributed by atoms with E-state index in [0.717, 1.165) is 19.3 Å². The molecule has 0 radical (unpaired) electrons. The van der Waals surface area contributed by atoms with Gasteiger partial charge >= 0.3 is 0 Å². The number of aliphatic hydroxyl groups excluding tert-OH is 1. The van der Waals surface area contributed by atoms with Crippen molar-refractivity contribution in [3.05, 3.63) is 0 Å². The Bertz CT molecular complexity index is 377. The van der Waals surface area contributed by atoms with Crippen LogP contribution < -0.4 is 5.73 Å². The summed E-state index contributed by atoms with van der Waals surface area (Å²) in [4.78, 5) is 14.6. The summed E-state index contributed by atoms with van der Waals surface area (Å²) in [7, 11) is 0. The van der Waals surface area contributed by atoms with Crippen LogP contribution >= 0.6 is 0 Å². The minimum Gasteiger partial charge on any atom is -0.409 e. The lowest BCUT2D eigenvalue weighted by Crippen LogP contribution is -2.52. The third-order valence-corrected chi connectivity index (χ3v) is 4.79. The predicted molar refractivity (Wildman–Crippen MR) is 70.7 cm³/mol. The highest BCUT2D eigenvalue weighted by atomic mass is 16.4. The van der Waals surface area contributed by atoms with E-state index < -0.39 is 5.41 Å². The zero-order valence-corrected chi connectivity index (χ0v) is 11.4. The molecule has 2 rings (SSSR count). The Labute approximate surface area is 113 Å². The average molecular weight is 269 g/mol. The van der Waals surface area contributed by atoms with Crippen LogP contribution in [0.3, 0.4) is 0 Å². The van der Waals surface area contributed by atoms with Gasteiger partial charge in [0.1, 0.15) is 5.41 Å². The second-order valence-electron chi connectivity index (χ2n) is 5.79. The Hall–Kier alpha value is -1.30. The average Bonchev–Trinajstić information content (AvgIpc) is 3.04. The summed E-state index contributed by atoms with van der Waals surface area (Å²) in [6.07, 6.45) is 3.98. The van der Waals surface area contributed by atoms with E-state index in [9.17, 15) is 9.90 Å². The molecule has 2 aliphatic rings. The SMILES string of the molecule is CC1CCN(C(=O)C2(C(N)=NO)CCCC2)C1CO. The van der Waals surface area contributed by atoms with Gasteiger partial charge in [-0.05, 0) is 25.2 Å². The van der Waals surface area contributed by atoms with E-state index in [1.165, 1.54) is 0 Å². The zero-order valence-electron chi connectivity index (χ0n) is 11.4. The fourth-order valence-corrected chi connectivity index (χ4v) is 3.47. The largest absolute Gasteiger partial charge is 0.409 e. The van der Waals surface area contributed by atoms with Gasteiger partial charge in [0.25, 0.3) is 0 Å². The molecule has 1 amide bonds. The summed E-state index contributed by atoms with van der Waals surface area (Å²) in [5, 5.41) is 21.5. The van der Waals surface area contributed by atoms with Gasteiger partial charge in [0, 0.05) is 6.54 Å². The van der Waals surface area contributed by atoms with Crippen molar-refractivity contribution in [1.82, 2.24) is 4.90 Å². The van der Waals surface area contributed by atoms with Crippen LogP contribution in [0.1, 0.15) is 39.0 Å². The number of hydrogen-bond acceptors (Lipinski definition) is 4. The molecule has 2 fully saturated rings. The maximum absolute atomic E-state index is 12.8. The van der Waals surface area contributed by atoms with Gasteiger partial charge in [-0.3, -0.25) is 4.79 Å². The first-order valence-electron chi connectivity index (χ1n) is 6.96. The third kappa shape index (κ3) is 2.18. The Morgan fingerprint density at radius 3 is 2.63 bits per heavy atom. The number of aliphatic hydroxyl groups is 1. The van der Waals surface area contributed by atoms with Crippen molar-refractivity contribution in [1.29, 1.82) is 0 Å². The summed E-state index contributed by atoms with van der Waals surface area (Å²) >= 11 is 0. The van der Waals surface area contributed by atoms with Gasteiger partial charge in [-0.25, -0.2) is 0 Å². The fraction of sp³-hybridized carbons (Fsp3) is 0.846. The van der Waals surface area contributed by atoms with Crippen molar-refractivity contribution in [2.45, 2.75) is 45.1 Å². The molecule has 0 aromatic heterocycles. The molecule has 0 spiro atoms. The van der Waals surface area contributed by atoms with Crippen LogP contribution in [0.4, 0.5) is 0 Å². The van der Waals surface area contributed by atoms with Crippen molar-refractivity contribution in [3.8, 4) is 0 Å². The van der Waals surface area contributed by atoms with Crippen molar-refractivity contribution >= 4 is 11.7 Å². The first-order valence-corrected chi connectivity index (χ1v) is 6.96. The smallest absolute Gasteiger partial charge is 0.236 e. The molecule has 4 N–H and O–H groups in total. The van der Waals surface area contributed by atoms with Crippen molar-refractivity contribution in [3.63, 3.8) is 0 Å². The molecule has 0 bridgehead atoms. The molecule has 2 unspecified atom stereocenters. The predicted octanol–water partition coefficient (Wildman–Crippen LogP) is 0.522. The van der Waals surface area contributed by atoms with Crippen LogP contribution in [-0.2, 0) is 4.79 Å². The van der Waals surface area contributed by atoms with E-state index in [2.05, 4.69) is 5.16 Å². The molecule has 1 aliphatic carbocycles. The Morgan fingerprint density at radius 1 is 1.47 bits per heavy atom. The summed E-state index contributed by atoms with van der Waals surface area (Å²) in [6, 6.07) is -0.142. The number of nitrogens with zero attached hydrogens (tertiary/aromatic N) is 2. The number of rotatable bonds is 3. The lowest BCUT2D eigenvalue weighted by molar-refractivity contribution is -0.140. The number of oxime groups is 1. The molecule has 2 atom stereocenters. The normalized spacial score (nSPS) is 30.8. The molecule has 1 aliphatic heterocycles. The highest BCUT2D eigenvalue weighted by molar-refractivity contribution is 6.07. The number of nitrogens with two attached hydrogens (primary N) is 1. The molecule has 6 heteroatoms. The lowest BCUT2D eigenvalue weighted by Gasteiger charge is -2.34. The van der Waals surface area contributed by atoms with E-state index in [-0.39, 0.29) is 24.4 Å². The van der Waals surface area contributed by atoms with Crippen molar-refractivity contribution in [2.24, 2.45) is 22.2 Å². The molecular formula is C13H23N3O3. The van der Waals surface area contributed by atoms with Crippen LogP contribution in [-0.4, -0.2) is 46.1 Å². The van der Waals surface area contributed by atoms with Crippen LogP contribution in [0.2, 0.25) is 0 Å². The number of amidine groups is 1. The molecule has 0 aromatic rings. The first kappa shape index (κ1) is 14.1. The number of likely N-dealkylation sites (tertiary alicyclic amines) is 1. The quantitative estimate of drug-likeness (QED) is 0.301. The summed E-state index contributed by atoms with van der Waals surface area (Å²) < 4.78 is 0. The Morgan fingerprint density at radius 2 is 2.11 bits per heavy atom. The molecule has 1 saturated carbocycles. The topological polar surface area (TPSA) is 99.2 Å². The maximum Gasteiger partial charge on any atom is 0.236 e. The molecular weight excluding hydrogens is 246 g/mol. The van der Waals surface area contributed by atoms with Crippen LogP contribution in [0.5, 0.6) is 0 Å². The van der Waals surface area contributed by atoms with E-state index in [1.54, 1.807) is 4.90 Å². The van der Waals surface area contributed by atoms with Gasteiger partial charge in [0.2, 0.25) is 5.91 Å². The van der Waals surface area contributed by atoms with E-state index >= 15 is 0 Å². The van der Waals surface area contributed by atoms with Crippen LogP contribution in [0, 0.1) is 11.3 Å². The monoisotopic (exact) mass is 269 g/mol. The number of carbonyl (C=O) groups is 1. The highest BCUT2D eigenvalue weighted by Gasteiger charge is 2.50. The minimum atomic E-state index is -0.855. The molecule has 1 heterocycles. The van der Waals surface area contributed by atoms with E-state index in [0.29, 0.717) is 25.3 Å². The van der Waals surface area contributed by atoms with E-state index in [1.807, 2.05) is 6.92 Å². The van der Waals surface area contributed by atoms with Gasteiger partial charge < -0.3 is 20.9 Å². The summed E-state index contributed by atoms with van der Waals surface area (Å²) in [6.45, 7) is 2.66. The zero-order chi connectivity index (χ0) is 14.0. The Balaban J connectivity index is 2.26. The van der Waals surface area contributed by atoms with Gasteiger partial charge in [-0.15, -0.1) is 0 Å². The molecule has 1 saturated heterocycles. The fourth-order valence-electron chi connectivity index (χ4n) is 3.47. The molecule has 0 aromatic carbocycles. The minimum absolute atomic E-state index is 0.0197. The Kier molecular flexibility index (Phi) is 3.99. The van der Waals surface area contributed by atoms with Gasteiger partial charge in [0.15, 0.2) is 5.84 Å². The van der Waals surface area contributed by atoms with Crippen molar-refractivity contribution in [2.75, 3.05) is 13.2 Å². The second-order valence-corrected chi connectivity index (χ2v) is 5.79. The number of hydrogen-bond donors (Lipinski definition) is 3. The third-order valence-electron chi connectivity index (χ3n) is 4.79. The second kappa shape index (κ2) is 5.36. The van der Waals surface area contributed by atoms with Crippen LogP contribution in [0.15, 0.2) is 5.16 Å². The molecule has 6 nitrogen and oxygen atoms in total. The molecule has 19 heavy (non-hydrogen) atoms. The maximum atomic E-state index is 12.8. The summed E-state index contributed by atoms with van der Waals surface area (Å²) in [5.41, 5.74) is 4.94. The first-order chi connectivity index (χ1) is 9.06. The van der Waals surface area contributed by atoms with Crippen molar-refractivity contribution < 1.29 is 15.1 Å². The molecule has 108 valence electrons. The van der Waals surface area contributed by atoms with Gasteiger partial charge in [-0.1, -0.05) is 24.9 Å². The lowest BCUT2D eigenvalue weighted by atomic mass is 9.83. The van der Waals surface area contributed by atoms with Gasteiger partial charge in [0.05, 0.1) is 12.6 Å².